The number of hydrogen-bond acceptors (Lipinski definition) is 3. The number of amides is 1. The Hall–Kier alpha value is -3.43. The smallest absolute Gasteiger partial charge is 0.266 e. The van der Waals surface area contributed by atoms with E-state index in [-0.39, 0.29) is 11.3 Å². The summed E-state index contributed by atoms with van der Waals surface area (Å²) >= 11 is 3.55. The fraction of sp³-hybridized carbons (Fsp3) is 0.0833. The number of nitrogens with one attached hydrogen (secondary N) is 1. The van der Waals surface area contributed by atoms with Gasteiger partial charge in [0.05, 0.1) is 12.8 Å². The molecule has 150 valence electrons. The number of methoxy groups -OCH3 is 1. The van der Waals surface area contributed by atoms with Gasteiger partial charge >= 0.3 is 0 Å². The predicted molar refractivity (Wildman–Crippen MR) is 119 cm³/mol. The molecule has 0 fully saturated rings. The van der Waals surface area contributed by atoms with Gasteiger partial charge in [0, 0.05) is 4.47 Å². The van der Waals surface area contributed by atoms with Crippen molar-refractivity contribution < 1.29 is 13.9 Å². The van der Waals surface area contributed by atoms with Crippen LogP contribution < -0.4 is 10.1 Å². The molecule has 1 amide bonds. The van der Waals surface area contributed by atoms with Gasteiger partial charge < -0.3 is 10.1 Å². The maximum atomic E-state index is 13.8. The van der Waals surface area contributed by atoms with Crippen LogP contribution in [0.25, 0.3) is 6.08 Å². The van der Waals surface area contributed by atoms with Crippen LogP contribution in [0.1, 0.15) is 16.7 Å². The standard InChI is InChI=1S/C24H18BrFN2O2/c1-30-20-11-10-16(18(14-20)13-17-6-2-3-7-21(17)25)12-19(15-27)24(29)28-23-9-5-4-8-22(23)26/h2-12,14H,13H2,1H3,(H,28,29)/b19-12+. The molecule has 0 spiro atoms. The molecule has 0 aromatic heterocycles. The van der Waals surface area contributed by atoms with Crippen molar-refractivity contribution in [1.29, 1.82) is 5.26 Å². The summed E-state index contributed by atoms with van der Waals surface area (Å²) in [5.74, 6) is -0.573. The first-order valence-electron chi connectivity index (χ1n) is 9.10. The second-order valence-corrected chi connectivity index (χ2v) is 7.29. The minimum Gasteiger partial charge on any atom is -0.497 e. The summed E-state index contributed by atoms with van der Waals surface area (Å²) in [6.45, 7) is 0. The lowest BCUT2D eigenvalue weighted by molar-refractivity contribution is -0.112. The molecule has 0 saturated heterocycles. The summed E-state index contributed by atoms with van der Waals surface area (Å²) < 4.78 is 20.1. The number of halogens is 2. The Balaban J connectivity index is 1.95. The Bertz CT molecular complexity index is 1150. The average Bonchev–Trinajstić information content (AvgIpc) is 2.75. The van der Waals surface area contributed by atoms with Crippen LogP contribution in [-0.4, -0.2) is 13.0 Å². The van der Waals surface area contributed by atoms with E-state index in [9.17, 15) is 14.4 Å². The lowest BCUT2D eigenvalue weighted by Gasteiger charge is -2.11. The molecule has 0 atom stereocenters. The molecule has 0 radical (unpaired) electrons. The maximum Gasteiger partial charge on any atom is 0.266 e. The van der Waals surface area contributed by atoms with Crippen molar-refractivity contribution in [2.24, 2.45) is 0 Å². The highest BCUT2D eigenvalue weighted by Crippen LogP contribution is 2.26. The molecule has 0 aliphatic rings. The molecule has 0 bridgehead atoms. The molecule has 3 rings (SSSR count). The van der Waals surface area contributed by atoms with E-state index < -0.39 is 11.7 Å². The van der Waals surface area contributed by atoms with Gasteiger partial charge in [0.15, 0.2) is 0 Å². The Morgan fingerprint density at radius 1 is 1.13 bits per heavy atom. The number of para-hydroxylation sites is 1. The monoisotopic (exact) mass is 464 g/mol. The number of ether oxygens (including phenoxy) is 1. The van der Waals surface area contributed by atoms with E-state index >= 15 is 0 Å². The van der Waals surface area contributed by atoms with Crippen LogP contribution in [0, 0.1) is 17.1 Å². The Morgan fingerprint density at radius 2 is 1.87 bits per heavy atom. The number of rotatable bonds is 6. The van der Waals surface area contributed by atoms with Gasteiger partial charge in [0.2, 0.25) is 0 Å². The number of carbonyl (C=O) groups is 1. The predicted octanol–water partition coefficient (Wildman–Crippen LogP) is 5.73. The number of hydrogen-bond donors (Lipinski definition) is 1. The van der Waals surface area contributed by atoms with Gasteiger partial charge in [0.1, 0.15) is 23.2 Å². The van der Waals surface area contributed by atoms with Gasteiger partial charge in [-0.2, -0.15) is 5.26 Å². The molecular formula is C24H18BrFN2O2. The molecule has 3 aromatic rings. The largest absolute Gasteiger partial charge is 0.497 e. The van der Waals surface area contributed by atoms with E-state index in [4.69, 9.17) is 4.74 Å². The van der Waals surface area contributed by atoms with Crippen molar-refractivity contribution in [1.82, 2.24) is 0 Å². The van der Waals surface area contributed by atoms with Crippen LogP contribution in [0.4, 0.5) is 10.1 Å². The third kappa shape index (κ3) is 5.13. The highest BCUT2D eigenvalue weighted by molar-refractivity contribution is 9.10. The van der Waals surface area contributed by atoms with Gasteiger partial charge in [-0.05, 0) is 59.5 Å². The summed E-state index contributed by atoms with van der Waals surface area (Å²) in [4.78, 5) is 12.5. The van der Waals surface area contributed by atoms with Crippen LogP contribution in [-0.2, 0) is 11.2 Å². The van der Waals surface area contributed by atoms with E-state index in [1.807, 2.05) is 36.4 Å². The van der Waals surface area contributed by atoms with Crippen molar-refractivity contribution in [3.63, 3.8) is 0 Å². The number of anilines is 1. The molecule has 3 aromatic carbocycles. The first-order valence-corrected chi connectivity index (χ1v) is 9.89. The highest BCUT2D eigenvalue weighted by atomic mass is 79.9. The van der Waals surface area contributed by atoms with Gasteiger partial charge in [-0.1, -0.05) is 52.3 Å². The van der Waals surface area contributed by atoms with Gasteiger partial charge in [0.25, 0.3) is 5.91 Å². The third-order valence-electron chi connectivity index (χ3n) is 4.48. The normalized spacial score (nSPS) is 10.9. The average molecular weight is 465 g/mol. The minimum atomic E-state index is -0.676. The maximum absolute atomic E-state index is 13.8. The lowest BCUT2D eigenvalue weighted by Crippen LogP contribution is -2.14. The van der Waals surface area contributed by atoms with Gasteiger partial charge in [-0.3, -0.25) is 4.79 Å². The quantitative estimate of drug-likeness (QED) is 0.374. The zero-order valence-electron chi connectivity index (χ0n) is 16.2. The molecule has 0 aliphatic heterocycles. The van der Waals surface area contributed by atoms with Crippen LogP contribution in [0.5, 0.6) is 5.75 Å². The van der Waals surface area contributed by atoms with E-state index in [2.05, 4.69) is 21.2 Å². The molecule has 6 heteroatoms. The van der Waals surface area contributed by atoms with Crippen LogP contribution >= 0.6 is 15.9 Å². The molecule has 0 heterocycles. The number of benzene rings is 3. The zero-order valence-corrected chi connectivity index (χ0v) is 17.7. The van der Waals surface area contributed by atoms with E-state index in [1.54, 1.807) is 25.3 Å². The number of carbonyl (C=O) groups excluding carboxylic acids is 1. The molecule has 4 nitrogen and oxygen atoms in total. The molecule has 30 heavy (non-hydrogen) atoms. The van der Waals surface area contributed by atoms with Gasteiger partial charge in [-0.25, -0.2) is 4.39 Å². The Kier molecular flexibility index (Phi) is 6.99. The van der Waals surface area contributed by atoms with Crippen molar-refractivity contribution in [3.8, 4) is 11.8 Å². The van der Waals surface area contributed by atoms with Crippen molar-refractivity contribution >= 4 is 33.6 Å². The fourth-order valence-electron chi connectivity index (χ4n) is 2.91. The van der Waals surface area contributed by atoms with Gasteiger partial charge in [-0.15, -0.1) is 0 Å². The molecule has 0 saturated carbocycles. The highest BCUT2D eigenvalue weighted by Gasteiger charge is 2.14. The molecular weight excluding hydrogens is 447 g/mol. The summed E-state index contributed by atoms with van der Waals surface area (Å²) in [6, 6.07) is 21.0. The lowest BCUT2D eigenvalue weighted by atomic mass is 9.97. The Labute approximate surface area is 182 Å². The van der Waals surface area contributed by atoms with E-state index in [0.29, 0.717) is 17.7 Å². The fourth-order valence-corrected chi connectivity index (χ4v) is 3.33. The SMILES string of the molecule is COc1ccc(/C=C(\C#N)C(=O)Nc2ccccc2F)c(Cc2ccccc2Br)c1. The van der Waals surface area contributed by atoms with Crippen molar-refractivity contribution in [2.75, 3.05) is 12.4 Å². The van der Waals surface area contributed by atoms with Crippen LogP contribution in [0.15, 0.2) is 76.8 Å². The minimum absolute atomic E-state index is 0.0202. The second kappa shape index (κ2) is 9.86. The van der Waals surface area contributed by atoms with Crippen molar-refractivity contribution in [2.45, 2.75) is 6.42 Å². The molecule has 0 unspecified atom stereocenters. The first-order chi connectivity index (χ1) is 14.5. The van der Waals surface area contributed by atoms with Crippen LogP contribution in [0.3, 0.4) is 0 Å². The third-order valence-corrected chi connectivity index (χ3v) is 5.25. The summed E-state index contributed by atoms with van der Waals surface area (Å²) in [6.07, 6.45) is 2.07. The summed E-state index contributed by atoms with van der Waals surface area (Å²) in [5, 5.41) is 12.0. The topological polar surface area (TPSA) is 62.1 Å². The van der Waals surface area contributed by atoms with Crippen LogP contribution in [0.2, 0.25) is 0 Å². The second-order valence-electron chi connectivity index (χ2n) is 6.44. The molecule has 1 N–H and O–H groups in total. The summed E-state index contributed by atoms with van der Waals surface area (Å²) in [7, 11) is 1.58. The number of nitrogens with zero attached hydrogens (tertiary/aromatic N) is 1. The zero-order chi connectivity index (χ0) is 21.5. The first kappa shape index (κ1) is 21.3. The van der Waals surface area contributed by atoms with Crippen molar-refractivity contribution in [3.05, 3.63) is 99.3 Å². The summed E-state index contributed by atoms with van der Waals surface area (Å²) in [5.41, 5.74) is 2.53. The number of nitriles is 1. The van der Waals surface area contributed by atoms with E-state index in [0.717, 1.165) is 15.6 Å². The van der Waals surface area contributed by atoms with E-state index in [1.165, 1.54) is 24.3 Å². The molecule has 0 aliphatic carbocycles. The Morgan fingerprint density at radius 3 is 2.57 bits per heavy atom.